The molecule has 0 bridgehead atoms. The zero-order valence-electron chi connectivity index (χ0n) is 16.4. The van der Waals surface area contributed by atoms with E-state index in [2.05, 4.69) is 29.7 Å². The highest BCUT2D eigenvalue weighted by Gasteiger charge is 2.02. The SMILES string of the molecule is CCCCCCCNCC(=O)Nc1ccc(OCCc2ccccc2)cc1. The molecule has 0 radical (unpaired) electrons. The van der Waals surface area contributed by atoms with Gasteiger partial charge in [-0.25, -0.2) is 0 Å². The maximum atomic E-state index is 12.0. The second-order valence-electron chi connectivity index (χ2n) is 6.75. The van der Waals surface area contributed by atoms with Crippen LogP contribution in [0, 0.1) is 0 Å². The number of hydrogen-bond donors (Lipinski definition) is 2. The van der Waals surface area contributed by atoms with Crippen molar-refractivity contribution in [3.8, 4) is 5.75 Å². The molecule has 0 aliphatic rings. The van der Waals surface area contributed by atoms with Crippen molar-refractivity contribution in [3.63, 3.8) is 0 Å². The number of nitrogens with one attached hydrogen (secondary N) is 2. The molecule has 2 aromatic carbocycles. The molecule has 0 unspecified atom stereocenters. The normalized spacial score (nSPS) is 10.6. The van der Waals surface area contributed by atoms with E-state index in [1.165, 1.54) is 31.2 Å². The van der Waals surface area contributed by atoms with Gasteiger partial charge in [-0.05, 0) is 42.8 Å². The number of anilines is 1. The van der Waals surface area contributed by atoms with E-state index >= 15 is 0 Å². The topological polar surface area (TPSA) is 50.4 Å². The van der Waals surface area contributed by atoms with Crippen molar-refractivity contribution in [3.05, 3.63) is 60.2 Å². The Morgan fingerprint density at radius 3 is 2.41 bits per heavy atom. The van der Waals surface area contributed by atoms with E-state index in [1.807, 2.05) is 42.5 Å². The molecule has 2 aromatic rings. The molecule has 0 aliphatic heterocycles. The quantitative estimate of drug-likeness (QED) is 0.499. The molecule has 146 valence electrons. The summed E-state index contributed by atoms with van der Waals surface area (Å²) in [5, 5.41) is 6.11. The second kappa shape index (κ2) is 12.9. The smallest absolute Gasteiger partial charge is 0.238 e. The van der Waals surface area contributed by atoms with Crippen LogP contribution in [-0.4, -0.2) is 25.6 Å². The maximum Gasteiger partial charge on any atom is 0.238 e. The van der Waals surface area contributed by atoms with Crippen molar-refractivity contribution in [2.24, 2.45) is 0 Å². The Morgan fingerprint density at radius 2 is 1.67 bits per heavy atom. The van der Waals surface area contributed by atoms with E-state index in [0.717, 1.165) is 30.8 Å². The number of amides is 1. The van der Waals surface area contributed by atoms with Crippen LogP contribution in [0.15, 0.2) is 54.6 Å². The molecule has 0 aromatic heterocycles. The number of hydrogen-bond acceptors (Lipinski definition) is 3. The fourth-order valence-electron chi connectivity index (χ4n) is 2.83. The van der Waals surface area contributed by atoms with Gasteiger partial charge in [0.25, 0.3) is 0 Å². The van der Waals surface area contributed by atoms with Crippen molar-refractivity contribution < 1.29 is 9.53 Å². The molecular weight excluding hydrogens is 336 g/mol. The molecule has 27 heavy (non-hydrogen) atoms. The third-order valence-electron chi connectivity index (χ3n) is 4.38. The van der Waals surface area contributed by atoms with Gasteiger partial charge in [-0.1, -0.05) is 62.9 Å². The lowest BCUT2D eigenvalue weighted by atomic mass is 10.1. The fraction of sp³-hybridized carbons (Fsp3) is 0.435. The molecule has 0 saturated heterocycles. The molecule has 2 rings (SSSR count). The lowest BCUT2D eigenvalue weighted by Gasteiger charge is -2.09. The third-order valence-corrected chi connectivity index (χ3v) is 4.38. The number of carbonyl (C=O) groups excluding carboxylic acids is 1. The van der Waals surface area contributed by atoms with Gasteiger partial charge in [-0.3, -0.25) is 4.79 Å². The Morgan fingerprint density at radius 1 is 0.926 bits per heavy atom. The predicted octanol–water partition coefficient (Wildman–Crippen LogP) is 4.81. The first-order valence-electron chi connectivity index (χ1n) is 10.1. The summed E-state index contributed by atoms with van der Waals surface area (Å²) < 4.78 is 5.76. The van der Waals surface area contributed by atoms with Crippen LogP contribution in [0.2, 0.25) is 0 Å². The minimum absolute atomic E-state index is 0.0127. The molecule has 0 heterocycles. The van der Waals surface area contributed by atoms with Crippen LogP contribution in [0.1, 0.15) is 44.6 Å². The Bertz CT molecular complexity index is 641. The van der Waals surface area contributed by atoms with Crippen LogP contribution < -0.4 is 15.4 Å². The van der Waals surface area contributed by atoms with Crippen LogP contribution in [0.4, 0.5) is 5.69 Å². The second-order valence-corrected chi connectivity index (χ2v) is 6.75. The Hall–Kier alpha value is -2.33. The van der Waals surface area contributed by atoms with Crippen LogP contribution in [0.25, 0.3) is 0 Å². The van der Waals surface area contributed by atoms with Gasteiger partial charge in [0.05, 0.1) is 13.2 Å². The van der Waals surface area contributed by atoms with Crippen LogP contribution in [0.5, 0.6) is 5.75 Å². The highest BCUT2D eigenvalue weighted by molar-refractivity contribution is 5.92. The predicted molar refractivity (Wildman–Crippen MR) is 112 cm³/mol. The molecule has 0 atom stereocenters. The summed E-state index contributed by atoms with van der Waals surface area (Å²) in [5.74, 6) is 0.801. The molecule has 0 fully saturated rings. The van der Waals surface area contributed by atoms with Gasteiger partial charge in [-0.2, -0.15) is 0 Å². The van der Waals surface area contributed by atoms with Gasteiger partial charge in [-0.15, -0.1) is 0 Å². The zero-order valence-corrected chi connectivity index (χ0v) is 16.4. The van der Waals surface area contributed by atoms with Gasteiger partial charge >= 0.3 is 0 Å². The number of unbranched alkanes of at least 4 members (excludes halogenated alkanes) is 4. The van der Waals surface area contributed by atoms with Crippen molar-refractivity contribution in [2.45, 2.75) is 45.4 Å². The number of carbonyl (C=O) groups is 1. The van der Waals surface area contributed by atoms with E-state index in [9.17, 15) is 4.79 Å². The third kappa shape index (κ3) is 9.25. The van der Waals surface area contributed by atoms with Crippen LogP contribution in [-0.2, 0) is 11.2 Å². The van der Waals surface area contributed by atoms with E-state index in [1.54, 1.807) is 0 Å². The van der Waals surface area contributed by atoms with Gasteiger partial charge in [0, 0.05) is 12.1 Å². The summed E-state index contributed by atoms with van der Waals surface area (Å²) in [5.41, 5.74) is 2.06. The van der Waals surface area contributed by atoms with Crippen molar-refractivity contribution >= 4 is 11.6 Å². The van der Waals surface area contributed by atoms with E-state index in [0.29, 0.717) is 13.2 Å². The van der Waals surface area contributed by atoms with Gasteiger partial charge in [0.15, 0.2) is 0 Å². The van der Waals surface area contributed by atoms with E-state index < -0.39 is 0 Å². The van der Waals surface area contributed by atoms with E-state index in [4.69, 9.17) is 4.74 Å². The van der Waals surface area contributed by atoms with Crippen molar-refractivity contribution in [2.75, 3.05) is 25.0 Å². The summed E-state index contributed by atoms with van der Waals surface area (Å²) in [7, 11) is 0. The van der Waals surface area contributed by atoms with Gasteiger partial charge in [0.1, 0.15) is 5.75 Å². The van der Waals surface area contributed by atoms with Crippen molar-refractivity contribution in [1.82, 2.24) is 5.32 Å². The van der Waals surface area contributed by atoms with Crippen LogP contribution >= 0.6 is 0 Å². The summed E-state index contributed by atoms with van der Waals surface area (Å²) in [4.78, 5) is 12.0. The molecule has 0 spiro atoms. The number of rotatable bonds is 13. The van der Waals surface area contributed by atoms with Crippen LogP contribution in [0.3, 0.4) is 0 Å². The standard InChI is InChI=1S/C23H32N2O2/c1-2-3-4-5-9-17-24-19-23(26)25-21-12-14-22(15-13-21)27-18-16-20-10-7-6-8-11-20/h6-8,10-15,24H,2-5,9,16-19H2,1H3,(H,25,26). The molecule has 4 nitrogen and oxygen atoms in total. The average molecular weight is 369 g/mol. The molecular formula is C23H32N2O2. The maximum absolute atomic E-state index is 12.0. The highest BCUT2D eigenvalue weighted by Crippen LogP contribution is 2.16. The first-order valence-corrected chi connectivity index (χ1v) is 10.1. The Kier molecular flexibility index (Phi) is 10.0. The van der Waals surface area contributed by atoms with Crippen molar-refractivity contribution in [1.29, 1.82) is 0 Å². The zero-order chi connectivity index (χ0) is 19.2. The monoisotopic (exact) mass is 368 g/mol. The number of benzene rings is 2. The van der Waals surface area contributed by atoms with Gasteiger partial charge in [0.2, 0.25) is 5.91 Å². The van der Waals surface area contributed by atoms with Gasteiger partial charge < -0.3 is 15.4 Å². The number of ether oxygens (including phenoxy) is 1. The summed E-state index contributed by atoms with van der Waals surface area (Å²) in [6.07, 6.45) is 7.07. The molecule has 4 heteroatoms. The largest absolute Gasteiger partial charge is 0.493 e. The molecule has 1 amide bonds. The lowest BCUT2D eigenvalue weighted by molar-refractivity contribution is -0.115. The summed E-state index contributed by atoms with van der Waals surface area (Å²) in [6.45, 7) is 4.10. The van der Waals surface area contributed by atoms with E-state index in [-0.39, 0.29) is 5.91 Å². The minimum atomic E-state index is -0.0127. The molecule has 0 aliphatic carbocycles. The highest BCUT2D eigenvalue weighted by atomic mass is 16.5. The first kappa shape index (κ1) is 21.0. The fourth-order valence-corrected chi connectivity index (χ4v) is 2.83. The average Bonchev–Trinajstić information content (AvgIpc) is 2.69. The minimum Gasteiger partial charge on any atom is -0.493 e. The summed E-state index contributed by atoms with van der Waals surface area (Å²) in [6, 6.07) is 17.8. The first-order chi connectivity index (χ1) is 13.3. The Labute approximate surface area is 163 Å². The lowest BCUT2D eigenvalue weighted by Crippen LogP contribution is -2.28. The molecule has 0 saturated carbocycles. The Balaban J connectivity index is 1.59. The molecule has 2 N–H and O–H groups in total. The summed E-state index contributed by atoms with van der Waals surface area (Å²) >= 11 is 0.